The number of piperazine rings is 1. The van der Waals surface area contributed by atoms with Gasteiger partial charge < -0.3 is 10.4 Å². The zero-order valence-electron chi connectivity index (χ0n) is 21.0. The average molecular weight is 471 g/mol. The summed E-state index contributed by atoms with van der Waals surface area (Å²) < 4.78 is 0. The number of allylic oxidation sites excluding steroid dienone is 2. The lowest BCUT2D eigenvalue weighted by Crippen LogP contribution is -2.57. The minimum atomic E-state index is -0.176. The van der Waals surface area contributed by atoms with Crippen LogP contribution in [-0.2, 0) is 9.59 Å². The van der Waals surface area contributed by atoms with Gasteiger partial charge in [0.1, 0.15) is 5.76 Å². The zero-order chi connectivity index (χ0) is 23.9. The van der Waals surface area contributed by atoms with Crippen LogP contribution in [0, 0.1) is 23.2 Å². The van der Waals surface area contributed by atoms with Crippen molar-refractivity contribution in [2.75, 3.05) is 45.8 Å². The number of ketones is 1. The Morgan fingerprint density at radius 2 is 1.85 bits per heavy atom. The van der Waals surface area contributed by atoms with E-state index in [4.69, 9.17) is 0 Å². The Hall–Kier alpha value is -1.73. The number of carbonyl (C=O) groups is 2. The molecule has 3 bridgehead atoms. The van der Waals surface area contributed by atoms with Gasteiger partial charge in [0.05, 0.1) is 18.7 Å². The van der Waals surface area contributed by atoms with Crippen molar-refractivity contribution in [1.29, 1.82) is 0 Å². The Labute approximate surface area is 204 Å². The fourth-order valence-electron chi connectivity index (χ4n) is 7.59. The Balaban J connectivity index is 1.02. The first-order chi connectivity index (χ1) is 16.2. The van der Waals surface area contributed by atoms with Gasteiger partial charge in [-0.3, -0.25) is 24.4 Å². The molecule has 4 aliphatic carbocycles. The van der Waals surface area contributed by atoms with Crippen molar-refractivity contribution in [2.24, 2.45) is 28.2 Å². The Kier molecular flexibility index (Phi) is 6.62. The van der Waals surface area contributed by atoms with E-state index in [1.807, 2.05) is 13.8 Å². The fraction of sp³-hybridized carbons (Fsp3) is 0.815. The highest BCUT2D eigenvalue weighted by Crippen LogP contribution is 2.56. The maximum Gasteiger partial charge on any atom is 0.234 e. The van der Waals surface area contributed by atoms with E-state index in [1.165, 1.54) is 38.5 Å². The summed E-state index contributed by atoms with van der Waals surface area (Å²) in [6.45, 7) is 9.62. The summed E-state index contributed by atoms with van der Waals surface area (Å²) in [6, 6.07) is 0. The van der Waals surface area contributed by atoms with Gasteiger partial charge >= 0.3 is 0 Å². The number of nitrogens with zero attached hydrogens (tertiary/aromatic N) is 3. The van der Waals surface area contributed by atoms with Crippen molar-refractivity contribution >= 4 is 17.9 Å². The third-order valence-electron chi connectivity index (χ3n) is 9.16. The van der Waals surface area contributed by atoms with E-state index in [1.54, 1.807) is 6.21 Å². The number of amides is 1. The number of carbonyl (C=O) groups excluding carboxylic acids is 2. The second kappa shape index (κ2) is 9.38. The highest BCUT2D eigenvalue weighted by molar-refractivity contribution is 6.14. The molecule has 4 atom stereocenters. The summed E-state index contributed by atoms with van der Waals surface area (Å²) in [7, 11) is 0. The zero-order valence-corrected chi connectivity index (χ0v) is 21.0. The van der Waals surface area contributed by atoms with Crippen LogP contribution in [0.2, 0.25) is 0 Å². The average Bonchev–Trinajstić information content (AvgIpc) is 2.97. The van der Waals surface area contributed by atoms with Gasteiger partial charge in [0, 0.05) is 57.3 Å². The number of Topliss-reactive ketones (excluding diaryl/α,β-unsaturated/α-hetero) is 1. The number of hydrogen-bond donors (Lipinski definition) is 2. The highest BCUT2D eigenvalue weighted by atomic mass is 16.3. The van der Waals surface area contributed by atoms with Gasteiger partial charge in [-0.05, 0) is 61.7 Å². The molecule has 1 amide bonds. The highest BCUT2D eigenvalue weighted by Gasteiger charge is 2.52. The van der Waals surface area contributed by atoms with Crippen molar-refractivity contribution in [2.45, 2.75) is 70.8 Å². The molecular formula is C27H42N4O3. The lowest BCUT2D eigenvalue weighted by atomic mass is 9.67. The van der Waals surface area contributed by atoms with Crippen molar-refractivity contribution in [3.05, 3.63) is 11.3 Å². The normalized spacial score (nSPS) is 35.9. The molecule has 7 heteroatoms. The predicted octanol–water partition coefficient (Wildman–Crippen LogP) is 2.96. The molecule has 7 nitrogen and oxygen atoms in total. The van der Waals surface area contributed by atoms with Crippen LogP contribution in [0.5, 0.6) is 0 Å². The number of nitrogens with one attached hydrogen (secondary N) is 1. The quantitative estimate of drug-likeness (QED) is 0.559. The van der Waals surface area contributed by atoms with Crippen molar-refractivity contribution in [3.8, 4) is 0 Å². The van der Waals surface area contributed by atoms with E-state index in [2.05, 4.69) is 20.1 Å². The SMILES string of the molecule is CC1(C)CC(=O)C(C=NCCN2CCN(CC(=O)NC34CCC5CC(CC5C3)C4)CC2)=C(O)C1. The summed E-state index contributed by atoms with van der Waals surface area (Å²) >= 11 is 0. The van der Waals surface area contributed by atoms with E-state index >= 15 is 0 Å². The van der Waals surface area contributed by atoms with Gasteiger partial charge in [0.2, 0.25) is 5.91 Å². The molecule has 5 rings (SSSR count). The van der Waals surface area contributed by atoms with Crippen LogP contribution in [0.3, 0.4) is 0 Å². The lowest BCUT2D eigenvalue weighted by Gasteiger charge is -2.46. The first kappa shape index (κ1) is 24.0. The minimum Gasteiger partial charge on any atom is -0.511 e. The number of rotatable bonds is 7. The fourth-order valence-corrected chi connectivity index (χ4v) is 7.59. The summed E-state index contributed by atoms with van der Waals surface area (Å²) in [4.78, 5) is 34.2. The van der Waals surface area contributed by atoms with Crippen LogP contribution >= 0.6 is 0 Å². The summed E-state index contributed by atoms with van der Waals surface area (Å²) in [6.07, 6.45) is 10.3. The van der Waals surface area contributed by atoms with Gasteiger partial charge in [-0.2, -0.15) is 0 Å². The molecule has 0 aromatic heterocycles. The van der Waals surface area contributed by atoms with E-state index in [-0.39, 0.29) is 28.4 Å². The summed E-state index contributed by atoms with van der Waals surface area (Å²) in [5.74, 6) is 3.02. The number of aliphatic imine (C=N–C) groups is 1. The molecule has 5 aliphatic rings. The Morgan fingerprint density at radius 1 is 1.12 bits per heavy atom. The predicted molar refractivity (Wildman–Crippen MR) is 133 cm³/mol. The second-order valence-electron chi connectivity index (χ2n) is 12.6. The van der Waals surface area contributed by atoms with Gasteiger partial charge in [-0.15, -0.1) is 0 Å². The maximum atomic E-state index is 12.9. The van der Waals surface area contributed by atoms with Crippen LogP contribution < -0.4 is 5.32 Å². The number of fused-ring (bicyclic) bond motifs is 2. The smallest absolute Gasteiger partial charge is 0.234 e. The number of aliphatic hydroxyl groups is 1. The van der Waals surface area contributed by atoms with Crippen LogP contribution in [0.15, 0.2) is 16.3 Å². The molecular weight excluding hydrogens is 428 g/mol. The first-order valence-corrected chi connectivity index (χ1v) is 13.4. The topological polar surface area (TPSA) is 85.2 Å². The standard InChI is InChI=1S/C27H42N4O3/c1-26(2)15-23(32)22(24(33)16-26)17-28-5-6-30-7-9-31(10-8-30)18-25(34)29-27-4-3-20-11-19(13-27)12-21(20)14-27/h17,19-21,32H,3-16,18H2,1-2H3,(H,29,34). The van der Waals surface area contributed by atoms with E-state index < -0.39 is 0 Å². The molecule has 1 aliphatic heterocycles. The van der Waals surface area contributed by atoms with Crippen molar-refractivity contribution < 1.29 is 14.7 Å². The second-order valence-corrected chi connectivity index (χ2v) is 12.6. The molecule has 1 saturated heterocycles. The van der Waals surface area contributed by atoms with Crippen molar-refractivity contribution in [3.63, 3.8) is 0 Å². The molecule has 3 saturated carbocycles. The molecule has 34 heavy (non-hydrogen) atoms. The third kappa shape index (κ3) is 5.25. The van der Waals surface area contributed by atoms with Gasteiger partial charge in [0.15, 0.2) is 5.78 Å². The van der Waals surface area contributed by atoms with Crippen molar-refractivity contribution in [1.82, 2.24) is 15.1 Å². The molecule has 0 aromatic carbocycles. The van der Waals surface area contributed by atoms with Crippen LogP contribution in [0.1, 0.15) is 65.2 Å². The van der Waals surface area contributed by atoms with E-state index in [0.29, 0.717) is 31.5 Å². The molecule has 0 radical (unpaired) electrons. The summed E-state index contributed by atoms with van der Waals surface area (Å²) in [5.41, 5.74) is 0.301. The maximum absolute atomic E-state index is 12.9. The van der Waals surface area contributed by atoms with E-state index in [0.717, 1.165) is 50.5 Å². The monoisotopic (exact) mass is 470 g/mol. The summed E-state index contributed by atoms with van der Waals surface area (Å²) in [5, 5.41) is 13.7. The van der Waals surface area contributed by atoms with Crippen LogP contribution in [0.25, 0.3) is 0 Å². The molecule has 4 unspecified atom stereocenters. The molecule has 0 spiro atoms. The molecule has 4 fully saturated rings. The number of hydrogen-bond acceptors (Lipinski definition) is 6. The molecule has 188 valence electrons. The third-order valence-corrected chi connectivity index (χ3v) is 9.16. The van der Waals surface area contributed by atoms with Gasteiger partial charge in [-0.1, -0.05) is 13.8 Å². The molecule has 0 aromatic rings. The molecule has 1 heterocycles. The van der Waals surface area contributed by atoms with E-state index in [9.17, 15) is 14.7 Å². The Morgan fingerprint density at radius 3 is 2.62 bits per heavy atom. The minimum absolute atomic E-state index is 0.0159. The first-order valence-electron chi connectivity index (χ1n) is 13.4. The number of aliphatic hydroxyl groups excluding tert-OH is 1. The molecule has 2 N–H and O–H groups in total. The Bertz CT molecular complexity index is 869. The van der Waals surface area contributed by atoms with Gasteiger partial charge in [0.25, 0.3) is 0 Å². The van der Waals surface area contributed by atoms with Crippen LogP contribution in [0.4, 0.5) is 0 Å². The largest absolute Gasteiger partial charge is 0.511 e. The van der Waals surface area contributed by atoms with Gasteiger partial charge in [-0.25, -0.2) is 0 Å². The van der Waals surface area contributed by atoms with Crippen LogP contribution in [-0.4, -0.2) is 84.2 Å². The lowest BCUT2D eigenvalue weighted by molar-refractivity contribution is -0.126.